The molecule has 108 valence electrons. The normalized spacial score (nSPS) is 43.2. The fraction of sp³-hybridized carbons (Fsp3) is 1.00. The van der Waals surface area contributed by atoms with Gasteiger partial charge in [-0.15, -0.1) is 0 Å². The van der Waals surface area contributed by atoms with Crippen LogP contribution in [0.5, 0.6) is 0 Å². The summed E-state index contributed by atoms with van der Waals surface area (Å²) in [6.45, 7) is 7.30. The third-order valence-electron chi connectivity index (χ3n) is 4.52. The van der Waals surface area contributed by atoms with E-state index in [1.807, 2.05) is 20.8 Å². The van der Waals surface area contributed by atoms with Crippen LogP contribution < -0.4 is 0 Å². The zero-order valence-corrected chi connectivity index (χ0v) is 11.5. The number of rotatable bonds is 4. The summed E-state index contributed by atoms with van der Waals surface area (Å²) in [7, 11) is 0. The molecule has 0 N–H and O–H groups in total. The van der Waals surface area contributed by atoms with Gasteiger partial charge in [0.1, 0.15) is 24.7 Å². The van der Waals surface area contributed by atoms with E-state index in [0.717, 1.165) is 0 Å². The van der Waals surface area contributed by atoms with Gasteiger partial charge in [0.2, 0.25) is 0 Å². The Labute approximate surface area is 107 Å². The summed E-state index contributed by atoms with van der Waals surface area (Å²) in [6, 6.07) is 0. The maximum absolute atomic E-state index is 13.8. The molecule has 0 aromatic carbocycles. The summed E-state index contributed by atoms with van der Waals surface area (Å²) < 4.78 is 54.7. The molecular weight excluding hydrogens is 244 g/mol. The van der Waals surface area contributed by atoms with E-state index < -0.39 is 36.5 Å². The Kier molecular flexibility index (Phi) is 5.47. The van der Waals surface area contributed by atoms with Gasteiger partial charge in [0.15, 0.2) is 0 Å². The Morgan fingerprint density at radius 3 is 1.67 bits per heavy atom. The summed E-state index contributed by atoms with van der Waals surface area (Å²) in [5.74, 6) is -1.60. The smallest absolute Gasteiger partial charge is 0.137 e. The lowest BCUT2D eigenvalue weighted by atomic mass is 9.74. The van der Waals surface area contributed by atoms with Gasteiger partial charge in [0.05, 0.1) is 0 Å². The molecule has 5 unspecified atom stereocenters. The molecule has 0 nitrogen and oxygen atoms in total. The zero-order chi connectivity index (χ0) is 14.0. The van der Waals surface area contributed by atoms with Crippen molar-refractivity contribution in [2.75, 3.05) is 0 Å². The summed E-state index contributed by atoms with van der Waals surface area (Å²) >= 11 is 0. The second kappa shape index (κ2) is 6.25. The Bertz CT molecular complexity index is 240. The average Bonchev–Trinajstić information content (AvgIpc) is 2.33. The highest BCUT2D eigenvalue weighted by molar-refractivity contribution is 4.97. The number of halogens is 4. The van der Waals surface area contributed by atoms with Crippen molar-refractivity contribution < 1.29 is 17.6 Å². The van der Waals surface area contributed by atoms with Crippen molar-refractivity contribution in [3.63, 3.8) is 0 Å². The maximum Gasteiger partial charge on any atom is 0.137 e. The third-order valence-corrected chi connectivity index (χ3v) is 4.52. The lowest BCUT2D eigenvalue weighted by Crippen LogP contribution is -2.50. The first kappa shape index (κ1) is 15.8. The quantitative estimate of drug-likeness (QED) is 0.650. The van der Waals surface area contributed by atoms with Gasteiger partial charge in [-0.3, -0.25) is 0 Å². The summed E-state index contributed by atoms with van der Waals surface area (Å²) in [5, 5.41) is 0. The van der Waals surface area contributed by atoms with Crippen molar-refractivity contribution >= 4 is 0 Å². The van der Waals surface area contributed by atoms with E-state index in [-0.39, 0.29) is 6.42 Å². The van der Waals surface area contributed by atoms with Crippen LogP contribution >= 0.6 is 0 Å². The second-order valence-electron chi connectivity index (χ2n) is 6.10. The van der Waals surface area contributed by atoms with E-state index in [1.165, 1.54) is 6.92 Å². The first-order chi connectivity index (χ1) is 8.27. The van der Waals surface area contributed by atoms with Crippen molar-refractivity contribution in [2.24, 2.45) is 23.7 Å². The van der Waals surface area contributed by atoms with Crippen LogP contribution in [0.1, 0.15) is 40.5 Å². The van der Waals surface area contributed by atoms with Crippen LogP contribution in [0.2, 0.25) is 0 Å². The molecular formula is C14H24F4. The molecule has 0 aliphatic heterocycles. The Morgan fingerprint density at radius 2 is 1.28 bits per heavy atom. The standard InChI is InChI=1S/C14H24F4/c1-7(2)8(3)5-6-10-13(17)11(15)9(4)12(16)14(10)18/h7-14H,5-6H2,1-4H3. The Hall–Kier alpha value is -0.280. The topological polar surface area (TPSA) is 0 Å². The molecule has 5 atom stereocenters. The fourth-order valence-electron chi connectivity index (χ4n) is 2.51. The van der Waals surface area contributed by atoms with E-state index >= 15 is 0 Å². The Morgan fingerprint density at radius 1 is 0.833 bits per heavy atom. The molecule has 1 fully saturated rings. The van der Waals surface area contributed by atoms with Crippen molar-refractivity contribution in [2.45, 2.75) is 65.2 Å². The van der Waals surface area contributed by atoms with Gasteiger partial charge in [-0.2, -0.15) is 0 Å². The van der Waals surface area contributed by atoms with Crippen molar-refractivity contribution in [3.05, 3.63) is 0 Å². The fourth-order valence-corrected chi connectivity index (χ4v) is 2.51. The molecule has 1 aliphatic carbocycles. The molecule has 0 radical (unpaired) electrons. The van der Waals surface area contributed by atoms with Gasteiger partial charge in [0.25, 0.3) is 0 Å². The predicted molar refractivity (Wildman–Crippen MR) is 65.5 cm³/mol. The molecule has 0 bridgehead atoms. The van der Waals surface area contributed by atoms with Crippen LogP contribution in [0, 0.1) is 23.7 Å². The first-order valence-electron chi connectivity index (χ1n) is 6.83. The van der Waals surface area contributed by atoms with Gasteiger partial charge in [-0.25, -0.2) is 17.6 Å². The third kappa shape index (κ3) is 3.18. The van der Waals surface area contributed by atoms with Gasteiger partial charge < -0.3 is 0 Å². The molecule has 0 heterocycles. The molecule has 0 spiro atoms. The largest absolute Gasteiger partial charge is 0.244 e. The highest BCUT2D eigenvalue weighted by atomic mass is 19.2. The van der Waals surface area contributed by atoms with Gasteiger partial charge in [-0.05, 0) is 24.7 Å². The van der Waals surface area contributed by atoms with Crippen LogP contribution in [0.3, 0.4) is 0 Å². The van der Waals surface area contributed by atoms with Crippen LogP contribution in [-0.4, -0.2) is 24.7 Å². The second-order valence-corrected chi connectivity index (χ2v) is 6.10. The number of hydrogen-bond acceptors (Lipinski definition) is 0. The van der Waals surface area contributed by atoms with E-state index in [0.29, 0.717) is 18.3 Å². The van der Waals surface area contributed by atoms with Gasteiger partial charge in [-0.1, -0.05) is 27.7 Å². The molecule has 0 amide bonds. The maximum atomic E-state index is 13.8. The molecule has 1 rings (SSSR count). The molecule has 1 saturated carbocycles. The first-order valence-corrected chi connectivity index (χ1v) is 6.83. The minimum absolute atomic E-state index is 0.218. The monoisotopic (exact) mass is 268 g/mol. The van der Waals surface area contributed by atoms with E-state index in [9.17, 15) is 17.6 Å². The molecule has 1 aliphatic rings. The van der Waals surface area contributed by atoms with E-state index in [1.54, 1.807) is 0 Å². The van der Waals surface area contributed by atoms with E-state index in [4.69, 9.17) is 0 Å². The van der Waals surface area contributed by atoms with Crippen molar-refractivity contribution in [3.8, 4) is 0 Å². The zero-order valence-electron chi connectivity index (χ0n) is 11.5. The molecule has 0 aromatic rings. The van der Waals surface area contributed by atoms with Crippen LogP contribution in [-0.2, 0) is 0 Å². The SMILES string of the molecule is CC(C)C(C)CCC1C(F)C(F)C(C)C(F)C1F. The predicted octanol–water partition coefficient (Wildman–Crippen LogP) is 4.68. The molecule has 4 heteroatoms. The summed E-state index contributed by atoms with van der Waals surface area (Å²) in [4.78, 5) is 0. The molecule has 0 saturated heterocycles. The van der Waals surface area contributed by atoms with Crippen molar-refractivity contribution in [1.29, 1.82) is 0 Å². The number of hydrogen-bond donors (Lipinski definition) is 0. The summed E-state index contributed by atoms with van der Waals surface area (Å²) in [5.41, 5.74) is 0. The van der Waals surface area contributed by atoms with Gasteiger partial charge >= 0.3 is 0 Å². The van der Waals surface area contributed by atoms with Crippen LogP contribution in [0.25, 0.3) is 0 Å². The minimum atomic E-state index is -1.88. The van der Waals surface area contributed by atoms with Gasteiger partial charge in [0, 0.05) is 11.8 Å². The lowest BCUT2D eigenvalue weighted by Gasteiger charge is -2.38. The van der Waals surface area contributed by atoms with Crippen molar-refractivity contribution in [1.82, 2.24) is 0 Å². The molecule has 18 heavy (non-hydrogen) atoms. The highest BCUT2D eigenvalue weighted by Crippen LogP contribution is 2.40. The summed E-state index contributed by atoms with van der Waals surface area (Å²) in [6.07, 6.45) is -6.69. The van der Waals surface area contributed by atoms with Crippen LogP contribution in [0.4, 0.5) is 17.6 Å². The van der Waals surface area contributed by atoms with E-state index in [2.05, 4.69) is 0 Å². The average molecular weight is 268 g/mol. The van der Waals surface area contributed by atoms with Crippen LogP contribution in [0.15, 0.2) is 0 Å². The minimum Gasteiger partial charge on any atom is -0.244 e. The Balaban J connectivity index is 2.63. The molecule has 0 aromatic heterocycles. The number of alkyl halides is 4. The lowest BCUT2D eigenvalue weighted by molar-refractivity contribution is -0.0762. The highest BCUT2D eigenvalue weighted by Gasteiger charge is 2.50.